The number of nitro groups is 1. The van der Waals surface area contributed by atoms with Gasteiger partial charge in [-0.25, -0.2) is 9.97 Å². The number of fused-ring (bicyclic) bond motifs is 1. The molecule has 0 amide bonds. The van der Waals surface area contributed by atoms with E-state index in [1.54, 1.807) is 12.1 Å². The maximum Gasteiger partial charge on any atom is 0.269 e. The predicted octanol–water partition coefficient (Wildman–Crippen LogP) is 4.68. The zero-order valence-electron chi connectivity index (χ0n) is 15.5. The van der Waals surface area contributed by atoms with Crippen molar-refractivity contribution in [2.24, 2.45) is 0 Å². The minimum absolute atomic E-state index is 0.0593. The van der Waals surface area contributed by atoms with Gasteiger partial charge in [0.15, 0.2) is 0 Å². The fourth-order valence-corrected chi connectivity index (χ4v) is 3.38. The summed E-state index contributed by atoms with van der Waals surface area (Å²) in [5.41, 5.74) is 4.73. The lowest BCUT2D eigenvalue weighted by Crippen LogP contribution is -2.15. The van der Waals surface area contributed by atoms with E-state index in [0.29, 0.717) is 5.95 Å². The molecular weight excluding hydrogens is 354 g/mol. The smallest absolute Gasteiger partial charge is 0.269 e. The summed E-state index contributed by atoms with van der Waals surface area (Å²) in [5, 5.41) is 15.5. The first-order chi connectivity index (χ1) is 13.5. The van der Waals surface area contributed by atoms with Crippen LogP contribution in [0.5, 0.6) is 0 Å². The van der Waals surface area contributed by atoms with Crippen molar-refractivity contribution < 1.29 is 4.92 Å². The van der Waals surface area contributed by atoms with Gasteiger partial charge in [-0.3, -0.25) is 10.1 Å². The Morgan fingerprint density at radius 1 is 1.04 bits per heavy atom. The molecule has 2 N–H and O–H groups in total. The van der Waals surface area contributed by atoms with Crippen molar-refractivity contribution in [2.45, 2.75) is 19.9 Å². The lowest BCUT2D eigenvalue weighted by atomic mass is 9.98. The van der Waals surface area contributed by atoms with E-state index in [1.807, 2.05) is 50.4 Å². The van der Waals surface area contributed by atoms with Crippen LogP contribution in [0, 0.1) is 24.0 Å². The molecule has 2 heterocycles. The SMILES string of the molecule is Cc1cc(C)nc(NC(c2ccc([N+](=O)[O-])cc2)c2c[nH]c3ccccc23)n1. The minimum atomic E-state index is -0.398. The van der Waals surface area contributed by atoms with Crippen molar-refractivity contribution in [3.8, 4) is 0 Å². The highest BCUT2D eigenvalue weighted by atomic mass is 16.6. The molecule has 140 valence electrons. The lowest BCUT2D eigenvalue weighted by molar-refractivity contribution is -0.384. The van der Waals surface area contributed by atoms with E-state index in [2.05, 4.69) is 20.3 Å². The van der Waals surface area contributed by atoms with Gasteiger partial charge in [-0.15, -0.1) is 0 Å². The maximum atomic E-state index is 11.0. The van der Waals surface area contributed by atoms with Gasteiger partial charge in [0.1, 0.15) is 0 Å². The monoisotopic (exact) mass is 373 g/mol. The summed E-state index contributed by atoms with van der Waals surface area (Å²) >= 11 is 0. The maximum absolute atomic E-state index is 11.0. The summed E-state index contributed by atoms with van der Waals surface area (Å²) in [4.78, 5) is 22.9. The molecule has 4 aromatic rings. The van der Waals surface area contributed by atoms with Crippen LogP contribution in [0.1, 0.15) is 28.6 Å². The number of hydrogen-bond acceptors (Lipinski definition) is 5. The predicted molar refractivity (Wildman–Crippen MR) is 108 cm³/mol. The normalized spacial score (nSPS) is 12.1. The molecule has 1 atom stereocenters. The summed E-state index contributed by atoms with van der Waals surface area (Å²) in [6.45, 7) is 3.85. The number of aromatic amines is 1. The highest BCUT2D eigenvalue weighted by Gasteiger charge is 2.20. The summed E-state index contributed by atoms with van der Waals surface area (Å²) in [7, 11) is 0. The van der Waals surface area contributed by atoms with Crippen molar-refractivity contribution in [1.29, 1.82) is 0 Å². The minimum Gasteiger partial charge on any atom is -0.361 e. The Morgan fingerprint density at radius 2 is 1.71 bits per heavy atom. The topological polar surface area (TPSA) is 96.7 Å². The molecule has 2 aromatic heterocycles. The van der Waals surface area contributed by atoms with E-state index < -0.39 is 4.92 Å². The van der Waals surface area contributed by atoms with Crippen LogP contribution in [0.25, 0.3) is 10.9 Å². The molecule has 0 aliphatic rings. The average Bonchev–Trinajstić information content (AvgIpc) is 3.09. The van der Waals surface area contributed by atoms with Crippen molar-refractivity contribution in [3.63, 3.8) is 0 Å². The number of H-pyrrole nitrogens is 1. The highest BCUT2D eigenvalue weighted by molar-refractivity contribution is 5.84. The molecule has 0 saturated carbocycles. The Hall–Kier alpha value is -3.74. The van der Waals surface area contributed by atoms with Gasteiger partial charge in [0, 0.05) is 46.2 Å². The molecule has 7 nitrogen and oxygen atoms in total. The average molecular weight is 373 g/mol. The molecular formula is C21H19N5O2. The number of aryl methyl sites for hydroxylation is 2. The van der Waals surface area contributed by atoms with Crippen molar-refractivity contribution in [1.82, 2.24) is 15.0 Å². The first-order valence-electron chi connectivity index (χ1n) is 8.90. The van der Waals surface area contributed by atoms with Gasteiger partial charge in [0.2, 0.25) is 5.95 Å². The largest absolute Gasteiger partial charge is 0.361 e. The molecule has 0 bridgehead atoms. The summed E-state index contributed by atoms with van der Waals surface area (Å²) in [6.07, 6.45) is 1.95. The second kappa shape index (κ2) is 7.11. The second-order valence-corrected chi connectivity index (χ2v) is 6.69. The molecule has 2 aromatic carbocycles. The van der Waals surface area contributed by atoms with Crippen LogP contribution in [-0.2, 0) is 0 Å². The Kier molecular flexibility index (Phi) is 4.49. The number of nitrogens with one attached hydrogen (secondary N) is 2. The number of hydrogen-bond donors (Lipinski definition) is 2. The Bertz CT molecular complexity index is 1130. The second-order valence-electron chi connectivity index (χ2n) is 6.69. The van der Waals surface area contributed by atoms with Crippen LogP contribution < -0.4 is 5.32 Å². The van der Waals surface area contributed by atoms with Crippen LogP contribution in [0.4, 0.5) is 11.6 Å². The van der Waals surface area contributed by atoms with E-state index in [1.165, 1.54) is 12.1 Å². The van der Waals surface area contributed by atoms with Gasteiger partial charge >= 0.3 is 0 Å². The number of anilines is 1. The first kappa shape index (κ1) is 17.7. The molecule has 0 radical (unpaired) electrons. The van der Waals surface area contributed by atoms with E-state index in [4.69, 9.17) is 0 Å². The van der Waals surface area contributed by atoms with Crippen LogP contribution >= 0.6 is 0 Å². The van der Waals surface area contributed by atoms with Gasteiger partial charge in [0.25, 0.3) is 5.69 Å². The third kappa shape index (κ3) is 3.42. The molecule has 0 saturated heterocycles. The quantitative estimate of drug-likeness (QED) is 0.391. The van der Waals surface area contributed by atoms with E-state index in [0.717, 1.165) is 33.4 Å². The number of para-hydroxylation sites is 1. The summed E-state index contributed by atoms with van der Waals surface area (Å²) in [5.74, 6) is 0.520. The molecule has 7 heteroatoms. The van der Waals surface area contributed by atoms with Gasteiger partial charge in [-0.2, -0.15) is 0 Å². The zero-order valence-corrected chi connectivity index (χ0v) is 15.5. The van der Waals surface area contributed by atoms with E-state index in [9.17, 15) is 10.1 Å². The van der Waals surface area contributed by atoms with Crippen LogP contribution in [-0.4, -0.2) is 19.9 Å². The van der Waals surface area contributed by atoms with E-state index >= 15 is 0 Å². The number of nitro benzene ring substituents is 1. The Labute approximate surface area is 161 Å². The number of non-ortho nitro benzene ring substituents is 1. The third-order valence-electron chi connectivity index (χ3n) is 4.63. The third-order valence-corrected chi connectivity index (χ3v) is 4.63. The fourth-order valence-electron chi connectivity index (χ4n) is 3.38. The molecule has 4 rings (SSSR count). The molecule has 28 heavy (non-hydrogen) atoms. The van der Waals surface area contributed by atoms with Gasteiger partial charge in [-0.05, 0) is 43.7 Å². The number of benzene rings is 2. The summed E-state index contributed by atoms with van der Waals surface area (Å²) in [6, 6.07) is 16.2. The first-order valence-corrected chi connectivity index (χ1v) is 8.90. The Balaban J connectivity index is 1.81. The summed E-state index contributed by atoms with van der Waals surface area (Å²) < 4.78 is 0. The molecule has 0 spiro atoms. The lowest BCUT2D eigenvalue weighted by Gasteiger charge is -2.19. The van der Waals surface area contributed by atoms with Gasteiger partial charge in [-0.1, -0.05) is 18.2 Å². The number of aromatic nitrogens is 3. The van der Waals surface area contributed by atoms with Crippen LogP contribution in [0.3, 0.4) is 0 Å². The standard InChI is InChI=1S/C21H19N5O2/c1-13-11-14(2)24-21(23-13)25-20(15-7-9-16(10-8-15)26(27)28)18-12-22-19-6-4-3-5-17(18)19/h3-12,20,22H,1-2H3,(H,23,24,25). The van der Waals surface area contributed by atoms with E-state index in [-0.39, 0.29) is 11.7 Å². The molecule has 0 aliphatic carbocycles. The number of nitrogens with zero attached hydrogens (tertiary/aromatic N) is 3. The fraction of sp³-hybridized carbons (Fsp3) is 0.143. The van der Waals surface area contributed by atoms with Crippen molar-refractivity contribution >= 4 is 22.5 Å². The van der Waals surface area contributed by atoms with Gasteiger partial charge in [0.05, 0.1) is 11.0 Å². The number of rotatable bonds is 5. The van der Waals surface area contributed by atoms with Crippen molar-refractivity contribution in [3.05, 3.63) is 93.4 Å². The zero-order chi connectivity index (χ0) is 19.7. The Morgan fingerprint density at radius 3 is 2.39 bits per heavy atom. The van der Waals surface area contributed by atoms with Crippen LogP contribution in [0.15, 0.2) is 60.8 Å². The molecule has 1 unspecified atom stereocenters. The van der Waals surface area contributed by atoms with Crippen molar-refractivity contribution in [2.75, 3.05) is 5.32 Å². The molecule has 0 fully saturated rings. The van der Waals surface area contributed by atoms with Crippen LogP contribution in [0.2, 0.25) is 0 Å². The highest BCUT2D eigenvalue weighted by Crippen LogP contribution is 2.32. The van der Waals surface area contributed by atoms with Gasteiger partial charge < -0.3 is 10.3 Å². The molecule has 0 aliphatic heterocycles.